The van der Waals surface area contributed by atoms with E-state index in [1.165, 1.54) is 30.5 Å². The third-order valence-corrected chi connectivity index (χ3v) is 5.85. The second kappa shape index (κ2) is 6.59. The smallest absolute Gasteiger partial charge is 0.299 e. The van der Waals surface area contributed by atoms with E-state index in [0.717, 1.165) is 4.90 Å². The van der Waals surface area contributed by atoms with Crippen molar-refractivity contribution in [2.24, 2.45) is 5.92 Å². The molecule has 0 bridgehead atoms. The van der Waals surface area contributed by atoms with E-state index in [0.29, 0.717) is 16.0 Å². The SMILES string of the molecule is CC(C)C1(c2cc(-c3ccc(F)c(C#N)c3)cs2)NC(=N)N(C)C(=O)C1=O. The maximum atomic E-state index is 13.6. The first-order valence-corrected chi connectivity index (χ1v) is 9.08. The fourth-order valence-corrected chi connectivity index (χ4v) is 4.32. The second-order valence-electron chi connectivity index (χ2n) is 6.64. The molecule has 138 valence electrons. The van der Waals surface area contributed by atoms with Crippen LogP contribution >= 0.6 is 11.3 Å². The Labute approximate surface area is 159 Å². The number of Topliss-reactive ketones (excluding diaryl/α,β-unsaturated/α-hetero) is 1. The average Bonchev–Trinajstić information content (AvgIpc) is 3.13. The van der Waals surface area contributed by atoms with E-state index >= 15 is 0 Å². The van der Waals surface area contributed by atoms with Crippen LogP contribution in [0.3, 0.4) is 0 Å². The molecule has 2 aromatic rings. The van der Waals surface area contributed by atoms with Gasteiger partial charge in [-0.15, -0.1) is 11.3 Å². The van der Waals surface area contributed by atoms with Crippen LogP contribution in [0.25, 0.3) is 11.1 Å². The number of nitrogens with one attached hydrogen (secondary N) is 2. The van der Waals surface area contributed by atoms with Crippen LogP contribution in [-0.2, 0) is 15.1 Å². The summed E-state index contributed by atoms with van der Waals surface area (Å²) in [7, 11) is 1.38. The Balaban J connectivity index is 2.10. The van der Waals surface area contributed by atoms with Gasteiger partial charge < -0.3 is 5.32 Å². The fraction of sp³-hybridized carbons (Fsp3) is 0.263. The van der Waals surface area contributed by atoms with E-state index in [-0.39, 0.29) is 17.4 Å². The maximum absolute atomic E-state index is 13.6. The molecule has 1 aliphatic rings. The summed E-state index contributed by atoms with van der Waals surface area (Å²) in [6.45, 7) is 3.61. The summed E-state index contributed by atoms with van der Waals surface area (Å²) in [6, 6.07) is 7.78. The van der Waals surface area contributed by atoms with Crippen molar-refractivity contribution in [3.8, 4) is 17.2 Å². The lowest BCUT2D eigenvalue weighted by atomic mass is 9.78. The van der Waals surface area contributed by atoms with Crippen LogP contribution < -0.4 is 5.32 Å². The Hall–Kier alpha value is -3.05. The van der Waals surface area contributed by atoms with Gasteiger partial charge in [-0.2, -0.15) is 5.26 Å². The number of amides is 1. The molecule has 2 N–H and O–H groups in total. The highest BCUT2D eigenvalue weighted by molar-refractivity contribution is 7.10. The number of guanidine groups is 1. The number of hydrogen-bond acceptors (Lipinski definition) is 5. The topological polar surface area (TPSA) is 97.1 Å². The number of nitriles is 1. The van der Waals surface area contributed by atoms with Crippen LogP contribution in [0.5, 0.6) is 0 Å². The highest BCUT2D eigenvalue weighted by atomic mass is 32.1. The first kappa shape index (κ1) is 18.7. The van der Waals surface area contributed by atoms with E-state index in [4.69, 9.17) is 10.7 Å². The minimum atomic E-state index is -1.33. The van der Waals surface area contributed by atoms with Gasteiger partial charge in [0, 0.05) is 11.9 Å². The molecule has 6 nitrogen and oxygen atoms in total. The lowest BCUT2D eigenvalue weighted by molar-refractivity contribution is -0.148. The van der Waals surface area contributed by atoms with Gasteiger partial charge in [-0.05, 0) is 40.6 Å². The molecule has 1 aliphatic heterocycles. The number of nitrogens with zero attached hydrogens (tertiary/aromatic N) is 2. The quantitative estimate of drug-likeness (QED) is 0.795. The van der Waals surface area contributed by atoms with Crippen molar-refractivity contribution in [1.29, 1.82) is 10.7 Å². The van der Waals surface area contributed by atoms with Gasteiger partial charge in [0.25, 0.3) is 11.7 Å². The summed E-state index contributed by atoms with van der Waals surface area (Å²) < 4.78 is 13.6. The largest absolute Gasteiger partial charge is 0.338 e. The molecule has 0 saturated carbocycles. The molecule has 27 heavy (non-hydrogen) atoms. The predicted molar refractivity (Wildman–Crippen MR) is 99.6 cm³/mol. The van der Waals surface area contributed by atoms with Crippen molar-refractivity contribution in [1.82, 2.24) is 10.2 Å². The number of halogens is 1. The first-order chi connectivity index (χ1) is 12.7. The lowest BCUT2D eigenvalue weighted by Gasteiger charge is -2.42. The monoisotopic (exact) mass is 384 g/mol. The number of benzene rings is 1. The van der Waals surface area contributed by atoms with Gasteiger partial charge in [0.05, 0.1) is 5.56 Å². The van der Waals surface area contributed by atoms with Crippen LogP contribution in [0.1, 0.15) is 24.3 Å². The number of likely N-dealkylation sites (N-methyl/N-ethyl adjacent to an activating group) is 1. The third-order valence-electron chi connectivity index (χ3n) is 4.78. The van der Waals surface area contributed by atoms with E-state index < -0.39 is 23.0 Å². The van der Waals surface area contributed by atoms with Crippen molar-refractivity contribution in [3.63, 3.8) is 0 Å². The van der Waals surface area contributed by atoms with Crippen LogP contribution in [0, 0.1) is 28.5 Å². The van der Waals surface area contributed by atoms with Crippen molar-refractivity contribution in [2.75, 3.05) is 7.05 Å². The van der Waals surface area contributed by atoms with E-state index in [2.05, 4.69) is 5.32 Å². The van der Waals surface area contributed by atoms with E-state index in [1.807, 2.05) is 19.9 Å². The molecule has 0 aliphatic carbocycles. The number of carbonyl (C=O) groups excluding carboxylic acids is 2. The molecule has 1 aromatic carbocycles. The highest BCUT2D eigenvalue weighted by Crippen LogP contribution is 2.39. The molecular formula is C19H17FN4O2S. The molecule has 1 unspecified atom stereocenters. The molecule has 0 spiro atoms. The Morgan fingerprint density at radius 1 is 1.30 bits per heavy atom. The minimum absolute atomic E-state index is 0.0655. The number of hydrogen-bond donors (Lipinski definition) is 2. The standard InChI is InChI=1S/C19H17FN4O2S/c1-10(2)19(16(25)17(26)24(3)18(22)23-19)15-7-13(9-27-15)11-4-5-14(20)12(6-11)8-21/h4-7,9-10H,1-3H3,(H2,22,23). The highest BCUT2D eigenvalue weighted by Gasteiger charge is 2.53. The van der Waals surface area contributed by atoms with Gasteiger partial charge in [0.15, 0.2) is 5.96 Å². The summed E-state index contributed by atoms with van der Waals surface area (Å²) in [4.78, 5) is 26.8. The summed E-state index contributed by atoms with van der Waals surface area (Å²) >= 11 is 1.28. The number of rotatable bonds is 3. The summed E-state index contributed by atoms with van der Waals surface area (Å²) in [6.07, 6.45) is 0. The molecule has 1 aromatic heterocycles. The van der Waals surface area contributed by atoms with Gasteiger partial charge in [-0.3, -0.25) is 19.9 Å². The first-order valence-electron chi connectivity index (χ1n) is 8.20. The zero-order valence-corrected chi connectivity index (χ0v) is 15.8. The number of carbonyl (C=O) groups is 2. The summed E-state index contributed by atoms with van der Waals surface area (Å²) in [5, 5.41) is 21.7. The third kappa shape index (κ3) is 2.80. The summed E-state index contributed by atoms with van der Waals surface area (Å²) in [5.74, 6) is -2.40. The Kier molecular flexibility index (Phi) is 4.57. The fourth-order valence-electron chi connectivity index (χ4n) is 3.10. The minimum Gasteiger partial charge on any atom is -0.338 e. The molecule has 1 atom stereocenters. The van der Waals surface area contributed by atoms with Gasteiger partial charge in [-0.25, -0.2) is 4.39 Å². The normalized spacial score (nSPS) is 20.0. The number of ketones is 1. The zero-order valence-electron chi connectivity index (χ0n) is 15.0. The van der Waals surface area contributed by atoms with Crippen molar-refractivity contribution in [3.05, 3.63) is 45.9 Å². The zero-order chi connectivity index (χ0) is 19.9. The van der Waals surface area contributed by atoms with Crippen molar-refractivity contribution in [2.45, 2.75) is 19.4 Å². The van der Waals surface area contributed by atoms with Gasteiger partial charge in [0.1, 0.15) is 17.4 Å². The van der Waals surface area contributed by atoms with Crippen LogP contribution in [0.2, 0.25) is 0 Å². The van der Waals surface area contributed by atoms with Crippen molar-refractivity contribution >= 4 is 29.0 Å². The molecular weight excluding hydrogens is 367 g/mol. The lowest BCUT2D eigenvalue weighted by Crippen LogP contribution is -2.67. The molecule has 2 heterocycles. The van der Waals surface area contributed by atoms with E-state index in [1.54, 1.807) is 17.5 Å². The van der Waals surface area contributed by atoms with E-state index in [9.17, 15) is 14.0 Å². The molecule has 1 fully saturated rings. The Morgan fingerprint density at radius 3 is 2.63 bits per heavy atom. The van der Waals surface area contributed by atoms with Gasteiger partial charge in [-0.1, -0.05) is 19.9 Å². The second-order valence-corrected chi connectivity index (χ2v) is 7.55. The molecule has 8 heteroatoms. The van der Waals surface area contributed by atoms with Crippen LogP contribution in [-0.4, -0.2) is 29.6 Å². The van der Waals surface area contributed by atoms with Crippen LogP contribution in [0.15, 0.2) is 29.6 Å². The Morgan fingerprint density at radius 2 is 2.00 bits per heavy atom. The molecule has 1 amide bonds. The van der Waals surface area contributed by atoms with Crippen LogP contribution in [0.4, 0.5) is 4.39 Å². The predicted octanol–water partition coefficient (Wildman–Crippen LogP) is 2.84. The maximum Gasteiger partial charge on any atom is 0.299 e. The number of thiophene rings is 1. The van der Waals surface area contributed by atoms with Gasteiger partial charge in [0.2, 0.25) is 0 Å². The molecule has 0 radical (unpaired) electrons. The van der Waals surface area contributed by atoms with Gasteiger partial charge >= 0.3 is 0 Å². The van der Waals surface area contributed by atoms with Crippen molar-refractivity contribution < 1.29 is 14.0 Å². The average molecular weight is 384 g/mol. The Bertz CT molecular complexity index is 1010. The molecule has 1 saturated heterocycles. The summed E-state index contributed by atoms with van der Waals surface area (Å²) in [5.41, 5.74) is -0.0544. The molecule has 3 rings (SSSR count).